The van der Waals surface area contributed by atoms with Gasteiger partial charge in [0.2, 0.25) is 0 Å². The summed E-state index contributed by atoms with van der Waals surface area (Å²) in [7, 11) is 5.95. The van der Waals surface area contributed by atoms with Gasteiger partial charge in [-0.3, -0.25) is 0 Å². The van der Waals surface area contributed by atoms with Crippen molar-refractivity contribution >= 4 is 13.3 Å². The summed E-state index contributed by atoms with van der Waals surface area (Å²) in [6, 6.07) is 25.2. The Kier molecular flexibility index (Phi) is 3.43. The van der Waals surface area contributed by atoms with Crippen molar-refractivity contribution in [2.75, 3.05) is 0 Å². The molecule has 0 aliphatic carbocycles. The Morgan fingerprint density at radius 1 is 0.600 bits per heavy atom. The smallest absolute Gasteiger partial charge is 0.0958 e. The zero-order valence-corrected chi connectivity index (χ0v) is 11.5. The van der Waals surface area contributed by atoms with E-state index in [-0.39, 0.29) is 0 Å². The Labute approximate surface area is 121 Å². The van der Waals surface area contributed by atoms with Crippen molar-refractivity contribution in [2.45, 2.75) is 6.92 Å². The van der Waals surface area contributed by atoms with E-state index >= 15 is 0 Å². The quantitative estimate of drug-likeness (QED) is 0.603. The van der Waals surface area contributed by atoms with E-state index in [9.17, 15) is 0 Å². The maximum Gasteiger partial charge on any atom is 0.113 e. The third-order valence-corrected chi connectivity index (χ3v) is 3.40. The first-order valence-electron chi connectivity index (χ1n) is 6.75. The molecule has 20 heavy (non-hydrogen) atoms. The van der Waals surface area contributed by atoms with E-state index in [4.69, 9.17) is 7.85 Å². The lowest BCUT2D eigenvalue weighted by Gasteiger charge is -2.08. The average Bonchev–Trinajstić information content (AvgIpc) is 2.47. The second kappa shape index (κ2) is 5.38. The second-order valence-electron chi connectivity index (χ2n) is 5.08. The van der Waals surface area contributed by atoms with Crippen molar-refractivity contribution in [1.29, 1.82) is 0 Å². The minimum absolute atomic E-state index is 0.810. The highest BCUT2D eigenvalue weighted by Crippen LogP contribution is 2.26. The van der Waals surface area contributed by atoms with Gasteiger partial charge in [-0.25, -0.2) is 0 Å². The predicted molar refractivity (Wildman–Crippen MR) is 87.4 cm³/mol. The SMILES string of the molecule is [B]c1cc(C)cc(-c2cccc(-c3ccccc3)c2)c1. The van der Waals surface area contributed by atoms with Crippen LogP contribution in [-0.2, 0) is 0 Å². The number of hydrogen-bond acceptors (Lipinski definition) is 0. The van der Waals surface area contributed by atoms with Crippen LogP contribution in [0.3, 0.4) is 0 Å². The molecule has 0 aliphatic heterocycles. The molecule has 0 unspecified atom stereocenters. The van der Waals surface area contributed by atoms with Gasteiger partial charge in [0.05, 0.1) is 0 Å². The number of benzene rings is 3. The molecule has 1 heteroatoms. The topological polar surface area (TPSA) is 0 Å². The lowest BCUT2D eigenvalue weighted by Crippen LogP contribution is -2.02. The highest BCUT2D eigenvalue weighted by Gasteiger charge is 2.02. The van der Waals surface area contributed by atoms with Crippen molar-refractivity contribution in [2.24, 2.45) is 0 Å². The summed E-state index contributed by atoms with van der Waals surface area (Å²) in [6.45, 7) is 2.07. The van der Waals surface area contributed by atoms with Crippen molar-refractivity contribution in [3.63, 3.8) is 0 Å². The van der Waals surface area contributed by atoms with Crippen LogP contribution in [0.4, 0.5) is 0 Å². The van der Waals surface area contributed by atoms with Gasteiger partial charge in [-0.05, 0) is 35.2 Å². The van der Waals surface area contributed by atoms with Crippen LogP contribution in [0.2, 0.25) is 0 Å². The van der Waals surface area contributed by atoms with E-state index in [1.807, 2.05) is 18.2 Å². The van der Waals surface area contributed by atoms with Gasteiger partial charge in [0.25, 0.3) is 0 Å². The zero-order chi connectivity index (χ0) is 13.9. The molecule has 0 bridgehead atoms. The molecule has 94 valence electrons. The van der Waals surface area contributed by atoms with E-state index in [0.29, 0.717) is 0 Å². The maximum atomic E-state index is 5.95. The van der Waals surface area contributed by atoms with Gasteiger partial charge in [-0.1, -0.05) is 77.8 Å². The summed E-state index contributed by atoms with van der Waals surface area (Å²) >= 11 is 0. The van der Waals surface area contributed by atoms with E-state index in [2.05, 4.69) is 61.5 Å². The minimum Gasteiger partial charge on any atom is -0.0958 e. The van der Waals surface area contributed by atoms with Crippen molar-refractivity contribution < 1.29 is 0 Å². The molecule has 0 N–H and O–H groups in total. The third-order valence-electron chi connectivity index (χ3n) is 3.40. The largest absolute Gasteiger partial charge is 0.113 e. The Hall–Kier alpha value is -2.28. The molecule has 0 heterocycles. The Bertz CT molecular complexity index is 710. The van der Waals surface area contributed by atoms with Crippen LogP contribution in [-0.4, -0.2) is 7.85 Å². The second-order valence-corrected chi connectivity index (χ2v) is 5.08. The average molecular weight is 254 g/mol. The molecule has 2 radical (unpaired) electrons. The van der Waals surface area contributed by atoms with Crippen LogP contribution in [0.5, 0.6) is 0 Å². The van der Waals surface area contributed by atoms with Gasteiger partial charge in [0.15, 0.2) is 0 Å². The molecule has 0 saturated carbocycles. The maximum absolute atomic E-state index is 5.95. The molecule has 3 aromatic rings. The summed E-state index contributed by atoms with van der Waals surface area (Å²) in [5, 5.41) is 0. The first-order chi connectivity index (χ1) is 9.72. The van der Waals surface area contributed by atoms with Gasteiger partial charge in [0.1, 0.15) is 7.85 Å². The first-order valence-corrected chi connectivity index (χ1v) is 6.75. The minimum atomic E-state index is 0.810. The summed E-state index contributed by atoms with van der Waals surface area (Å²) in [4.78, 5) is 0. The number of rotatable bonds is 2. The third kappa shape index (κ3) is 2.67. The lowest BCUT2D eigenvalue weighted by molar-refractivity contribution is 1.48. The van der Waals surface area contributed by atoms with Crippen LogP contribution in [0, 0.1) is 6.92 Å². The van der Waals surface area contributed by atoms with Crippen LogP contribution < -0.4 is 5.46 Å². The van der Waals surface area contributed by atoms with Crippen LogP contribution in [0.1, 0.15) is 5.56 Å². The highest BCUT2D eigenvalue weighted by atomic mass is 14.1. The van der Waals surface area contributed by atoms with Crippen molar-refractivity contribution in [3.8, 4) is 22.3 Å². The van der Waals surface area contributed by atoms with Gasteiger partial charge < -0.3 is 0 Å². The molecule has 0 aliphatic rings. The standard InChI is InChI=1S/C19H15B/c1-14-10-18(13-19(20)11-14)17-9-5-8-16(12-17)15-6-3-2-4-7-15/h2-13H,1H3. The molecule has 0 saturated heterocycles. The van der Waals surface area contributed by atoms with Gasteiger partial charge in [-0.2, -0.15) is 0 Å². The Morgan fingerprint density at radius 3 is 1.95 bits per heavy atom. The van der Waals surface area contributed by atoms with Crippen LogP contribution >= 0.6 is 0 Å². The molecule has 0 fully saturated rings. The Balaban J connectivity index is 2.07. The molecular formula is C19H15B. The molecule has 0 spiro atoms. The predicted octanol–water partition coefficient (Wildman–Crippen LogP) is 4.12. The van der Waals surface area contributed by atoms with Crippen molar-refractivity contribution in [3.05, 3.63) is 78.4 Å². The summed E-state index contributed by atoms with van der Waals surface area (Å²) in [5.41, 5.74) is 6.82. The van der Waals surface area contributed by atoms with Crippen LogP contribution in [0.25, 0.3) is 22.3 Å². The highest BCUT2D eigenvalue weighted by molar-refractivity contribution is 6.32. The number of aryl methyl sites for hydroxylation is 1. The monoisotopic (exact) mass is 254 g/mol. The van der Waals surface area contributed by atoms with E-state index < -0.39 is 0 Å². The molecule has 3 rings (SSSR count). The molecule has 0 atom stereocenters. The van der Waals surface area contributed by atoms with Gasteiger partial charge >= 0.3 is 0 Å². The summed E-state index contributed by atoms with van der Waals surface area (Å²) in [5.74, 6) is 0. The van der Waals surface area contributed by atoms with Crippen LogP contribution in [0.15, 0.2) is 72.8 Å². The molecular weight excluding hydrogens is 239 g/mol. The summed E-state index contributed by atoms with van der Waals surface area (Å²) < 4.78 is 0. The molecule has 3 aromatic carbocycles. The molecule has 0 amide bonds. The summed E-state index contributed by atoms with van der Waals surface area (Å²) in [6.07, 6.45) is 0. The van der Waals surface area contributed by atoms with E-state index in [1.165, 1.54) is 27.8 Å². The van der Waals surface area contributed by atoms with E-state index in [0.717, 1.165) is 5.46 Å². The first kappa shape index (κ1) is 12.7. The molecule has 0 nitrogen and oxygen atoms in total. The normalized spacial score (nSPS) is 10.4. The fourth-order valence-electron chi connectivity index (χ4n) is 2.49. The van der Waals surface area contributed by atoms with Gasteiger partial charge in [0, 0.05) is 0 Å². The Morgan fingerprint density at radius 2 is 1.25 bits per heavy atom. The van der Waals surface area contributed by atoms with Gasteiger partial charge in [-0.15, -0.1) is 0 Å². The fraction of sp³-hybridized carbons (Fsp3) is 0.0526. The molecule has 0 aromatic heterocycles. The fourth-order valence-corrected chi connectivity index (χ4v) is 2.49. The number of hydrogen-bond donors (Lipinski definition) is 0. The lowest BCUT2D eigenvalue weighted by atomic mass is 9.89. The van der Waals surface area contributed by atoms with Crippen molar-refractivity contribution in [1.82, 2.24) is 0 Å². The zero-order valence-electron chi connectivity index (χ0n) is 11.5. The van der Waals surface area contributed by atoms with E-state index in [1.54, 1.807) is 0 Å².